The molecule has 1 heterocycles. The van der Waals surface area contributed by atoms with Crippen LogP contribution in [-0.4, -0.2) is 13.1 Å². The number of fused-ring (bicyclic) bond motifs is 1. The summed E-state index contributed by atoms with van der Waals surface area (Å²) in [6, 6.07) is 8.15. The van der Waals surface area contributed by atoms with Gasteiger partial charge in [0.25, 0.3) is 0 Å². The van der Waals surface area contributed by atoms with Gasteiger partial charge in [0.1, 0.15) is 29.6 Å². The van der Waals surface area contributed by atoms with Gasteiger partial charge in [-0.15, -0.1) is 0 Å². The van der Waals surface area contributed by atoms with Gasteiger partial charge >= 0.3 is 11.6 Å². The molecule has 0 spiro atoms. The van der Waals surface area contributed by atoms with Gasteiger partial charge < -0.3 is 13.9 Å². The highest BCUT2D eigenvalue weighted by Gasteiger charge is 2.15. The Kier molecular flexibility index (Phi) is 5.73. The Balaban J connectivity index is 1.99. The highest BCUT2D eigenvalue weighted by molar-refractivity contribution is 5.83. The molecule has 0 amide bonds. The van der Waals surface area contributed by atoms with E-state index in [0.717, 1.165) is 12.1 Å². The third kappa shape index (κ3) is 4.19. The number of esters is 1. The Labute approximate surface area is 159 Å². The van der Waals surface area contributed by atoms with Gasteiger partial charge in [-0.1, -0.05) is 6.07 Å². The number of carbonyl (C=O) groups is 1. The van der Waals surface area contributed by atoms with Crippen LogP contribution in [0.1, 0.15) is 23.1 Å². The summed E-state index contributed by atoms with van der Waals surface area (Å²) in [7, 11) is 1.29. The number of rotatable bonds is 6. The summed E-state index contributed by atoms with van der Waals surface area (Å²) in [5.41, 5.74) is 0.894. The zero-order valence-corrected chi connectivity index (χ0v) is 15.4. The molecule has 0 aliphatic heterocycles. The molecule has 28 heavy (non-hydrogen) atoms. The maximum Gasteiger partial charge on any atom is 0.336 e. The molecule has 0 unspecified atom stereocenters. The molecule has 3 rings (SSSR count). The van der Waals surface area contributed by atoms with Gasteiger partial charge in [0.05, 0.1) is 12.7 Å². The monoisotopic (exact) mass is 388 g/mol. The van der Waals surface area contributed by atoms with Crippen LogP contribution >= 0.6 is 0 Å². The summed E-state index contributed by atoms with van der Waals surface area (Å²) in [6.45, 7) is 1.41. The highest BCUT2D eigenvalue weighted by atomic mass is 19.1. The fourth-order valence-corrected chi connectivity index (χ4v) is 2.88. The lowest BCUT2D eigenvalue weighted by molar-refractivity contribution is -0.140. The standard InChI is InChI=1S/C21H18F2O5/c1-12-8-21(25)28-19-10-18(13(9-14(12)19)6-7-20(24)26-2)27-11-15-16(22)4-3-5-17(15)23/h3-5,8-10H,6-7,11H2,1-2H3. The Morgan fingerprint density at radius 2 is 1.86 bits per heavy atom. The van der Waals surface area contributed by atoms with Crippen molar-refractivity contribution < 1.29 is 27.5 Å². The second-order valence-electron chi connectivity index (χ2n) is 6.27. The van der Waals surface area contributed by atoms with Crippen molar-refractivity contribution in [3.05, 3.63) is 75.1 Å². The third-order valence-electron chi connectivity index (χ3n) is 4.39. The zero-order valence-electron chi connectivity index (χ0n) is 15.4. The number of methoxy groups -OCH3 is 1. The van der Waals surface area contributed by atoms with Crippen molar-refractivity contribution in [3.8, 4) is 5.75 Å². The normalized spacial score (nSPS) is 10.9. The lowest BCUT2D eigenvalue weighted by Crippen LogP contribution is -2.07. The summed E-state index contributed by atoms with van der Waals surface area (Å²) >= 11 is 0. The van der Waals surface area contributed by atoms with E-state index in [4.69, 9.17) is 9.15 Å². The average molecular weight is 388 g/mol. The predicted molar refractivity (Wildman–Crippen MR) is 98.2 cm³/mol. The largest absolute Gasteiger partial charge is 0.488 e. The first-order valence-electron chi connectivity index (χ1n) is 8.59. The molecule has 0 fully saturated rings. The number of carbonyl (C=O) groups excluding carboxylic acids is 1. The maximum atomic E-state index is 13.9. The van der Waals surface area contributed by atoms with Crippen LogP contribution in [0.15, 0.2) is 45.6 Å². The van der Waals surface area contributed by atoms with Crippen molar-refractivity contribution in [2.75, 3.05) is 7.11 Å². The fraction of sp³-hybridized carbons (Fsp3) is 0.238. The summed E-state index contributed by atoms with van der Waals surface area (Å²) in [4.78, 5) is 23.2. The molecule has 0 atom stereocenters. The molecule has 0 aliphatic carbocycles. The third-order valence-corrected chi connectivity index (χ3v) is 4.39. The molecule has 7 heteroatoms. The van der Waals surface area contributed by atoms with Crippen LogP contribution in [0.4, 0.5) is 8.78 Å². The smallest absolute Gasteiger partial charge is 0.336 e. The van der Waals surface area contributed by atoms with Crippen LogP contribution in [0, 0.1) is 18.6 Å². The van der Waals surface area contributed by atoms with E-state index in [1.54, 1.807) is 13.0 Å². The Morgan fingerprint density at radius 1 is 1.14 bits per heavy atom. The molecular weight excluding hydrogens is 370 g/mol. The molecule has 0 bridgehead atoms. The summed E-state index contributed by atoms with van der Waals surface area (Å²) in [6.07, 6.45) is 0.387. The van der Waals surface area contributed by atoms with Crippen molar-refractivity contribution in [3.63, 3.8) is 0 Å². The fourth-order valence-electron chi connectivity index (χ4n) is 2.88. The zero-order chi connectivity index (χ0) is 20.3. The second-order valence-corrected chi connectivity index (χ2v) is 6.27. The molecule has 1 aromatic heterocycles. The molecule has 3 aromatic rings. The molecule has 0 aliphatic rings. The van der Waals surface area contributed by atoms with Crippen LogP contribution in [0.25, 0.3) is 11.0 Å². The number of halogens is 2. The van der Waals surface area contributed by atoms with Crippen LogP contribution < -0.4 is 10.4 Å². The van der Waals surface area contributed by atoms with E-state index in [2.05, 4.69) is 4.74 Å². The van der Waals surface area contributed by atoms with Crippen molar-refractivity contribution >= 4 is 16.9 Å². The molecule has 0 saturated carbocycles. The summed E-state index contributed by atoms with van der Waals surface area (Å²) in [5.74, 6) is -1.58. The first kappa shape index (κ1) is 19.5. The first-order valence-corrected chi connectivity index (χ1v) is 8.59. The lowest BCUT2D eigenvalue weighted by Gasteiger charge is -2.14. The highest BCUT2D eigenvalue weighted by Crippen LogP contribution is 2.29. The Morgan fingerprint density at radius 3 is 2.54 bits per heavy atom. The van der Waals surface area contributed by atoms with E-state index >= 15 is 0 Å². The minimum absolute atomic E-state index is 0.0995. The molecule has 5 nitrogen and oxygen atoms in total. The van der Waals surface area contributed by atoms with E-state index in [1.807, 2.05) is 0 Å². The molecule has 0 saturated heterocycles. The molecule has 2 aromatic carbocycles. The Bertz CT molecular complexity index is 1070. The van der Waals surface area contributed by atoms with Gasteiger partial charge in [-0.2, -0.15) is 0 Å². The van der Waals surface area contributed by atoms with E-state index < -0.39 is 23.2 Å². The van der Waals surface area contributed by atoms with Crippen molar-refractivity contribution in [1.29, 1.82) is 0 Å². The van der Waals surface area contributed by atoms with Crippen LogP contribution in [0.3, 0.4) is 0 Å². The van der Waals surface area contributed by atoms with Crippen LogP contribution in [0.5, 0.6) is 5.75 Å². The van der Waals surface area contributed by atoms with Crippen LogP contribution in [0.2, 0.25) is 0 Å². The molecular formula is C21H18F2O5. The average Bonchev–Trinajstić information content (AvgIpc) is 2.65. The van der Waals surface area contributed by atoms with Gasteiger partial charge in [0.15, 0.2) is 0 Å². The quantitative estimate of drug-likeness (QED) is 0.471. The second kappa shape index (κ2) is 8.21. The SMILES string of the molecule is COC(=O)CCc1cc2c(C)cc(=O)oc2cc1OCc1c(F)cccc1F. The van der Waals surface area contributed by atoms with E-state index in [1.165, 1.54) is 25.3 Å². The summed E-state index contributed by atoms with van der Waals surface area (Å²) in [5, 5.41) is 0.684. The van der Waals surface area contributed by atoms with Gasteiger partial charge in [-0.25, -0.2) is 13.6 Å². The molecule has 0 N–H and O–H groups in total. The minimum Gasteiger partial charge on any atom is -0.488 e. The van der Waals surface area contributed by atoms with E-state index in [0.29, 0.717) is 16.5 Å². The Hall–Kier alpha value is -3.22. The minimum atomic E-state index is -0.723. The number of benzene rings is 2. The first-order chi connectivity index (χ1) is 13.4. The van der Waals surface area contributed by atoms with Crippen molar-refractivity contribution in [2.24, 2.45) is 0 Å². The maximum absolute atomic E-state index is 13.9. The number of aryl methyl sites for hydroxylation is 2. The number of hydrogen-bond acceptors (Lipinski definition) is 5. The van der Waals surface area contributed by atoms with Gasteiger partial charge in [0.2, 0.25) is 0 Å². The predicted octanol–water partition coefficient (Wildman–Crippen LogP) is 4.06. The summed E-state index contributed by atoms with van der Waals surface area (Å²) < 4.78 is 43.3. The van der Waals surface area contributed by atoms with Crippen molar-refractivity contribution in [1.82, 2.24) is 0 Å². The van der Waals surface area contributed by atoms with E-state index in [-0.39, 0.29) is 36.3 Å². The topological polar surface area (TPSA) is 65.7 Å². The van der Waals surface area contributed by atoms with Gasteiger partial charge in [-0.05, 0) is 42.7 Å². The van der Waals surface area contributed by atoms with Crippen molar-refractivity contribution in [2.45, 2.75) is 26.4 Å². The molecule has 0 radical (unpaired) electrons. The van der Waals surface area contributed by atoms with Crippen LogP contribution in [-0.2, 0) is 22.6 Å². The molecule has 146 valence electrons. The van der Waals surface area contributed by atoms with Gasteiger partial charge in [-0.3, -0.25) is 4.79 Å². The number of hydrogen-bond donors (Lipinski definition) is 0. The van der Waals surface area contributed by atoms with E-state index in [9.17, 15) is 18.4 Å². The number of ether oxygens (including phenoxy) is 2. The lowest BCUT2D eigenvalue weighted by atomic mass is 10.0. The van der Waals surface area contributed by atoms with Gasteiger partial charge in [0, 0.05) is 23.9 Å².